The van der Waals surface area contributed by atoms with Crippen molar-refractivity contribution in [2.75, 3.05) is 19.9 Å². The molecule has 0 saturated heterocycles. The molecular formula is C19H22F2IN3O2. The average Bonchev–Trinajstić information content (AvgIpc) is 3.10. The Balaban J connectivity index is 0.00000261. The van der Waals surface area contributed by atoms with Gasteiger partial charge in [-0.3, -0.25) is 0 Å². The van der Waals surface area contributed by atoms with Gasteiger partial charge in [-0.2, -0.15) is 0 Å². The van der Waals surface area contributed by atoms with Crippen molar-refractivity contribution in [3.8, 4) is 11.5 Å². The number of fused-ring (bicyclic) bond motifs is 1. The summed E-state index contributed by atoms with van der Waals surface area (Å²) in [6, 6.07) is 9.56. The molecule has 1 heterocycles. The first-order valence-electron chi connectivity index (χ1n) is 8.51. The number of hydrogen-bond donors (Lipinski definition) is 2. The first-order valence-corrected chi connectivity index (χ1v) is 8.51. The van der Waals surface area contributed by atoms with E-state index in [-0.39, 0.29) is 42.8 Å². The van der Waals surface area contributed by atoms with E-state index in [1.807, 2.05) is 25.1 Å². The van der Waals surface area contributed by atoms with Crippen molar-refractivity contribution in [2.24, 2.45) is 4.99 Å². The number of ether oxygens (including phenoxy) is 2. The van der Waals surface area contributed by atoms with E-state index in [0.29, 0.717) is 31.3 Å². The molecule has 0 unspecified atom stereocenters. The molecule has 2 N–H and O–H groups in total. The Morgan fingerprint density at radius 3 is 2.56 bits per heavy atom. The van der Waals surface area contributed by atoms with Gasteiger partial charge in [-0.15, -0.1) is 24.0 Å². The number of hydrogen-bond acceptors (Lipinski definition) is 3. The molecule has 0 radical (unpaired) electrons. The number of halogens is 3. The molecule has 0 fully saturated rings. The van der Waals surface area contributed by atoms with E-state index >= 15 is 0 Å². The van der Waals surface area contributed by atoms with Crippen LogP contribution >= 0.6 is 24.0 Å². The SMILES string of the molecule is CCNC(=NCc1ccc2c(c1)OCO2)NCCc1c(F)cccc1F.I. The second kappa shape index (κ2) is 10.3. The van der Waals surface area contributed by atoms with Crippen LogP contribution in [0.2, 0.25) is 0 Å². The molecule has 0 aliphatic carbocycles. The number of benzene rings is 2. The lowest BCUT2D eigenvalue weighted by Crippen LogP contribution is -2.38. The number of nitrogens with one attached hydrogen (secondary N) is 2. The zero-order chi connectivity index (χ0) is 18.4. The van der Waals surface area contributed by atoms with Crippen LogP contribution in [-0.4, -0.2) is 25.8 Å². The molecule has 1 aliphatic heterocycles. The summed E-state index contributed by atoms with van der Waals surface area (Å²) in [7, 11) is 0. The topological polar surface area (TPSA) is 54.9 Å². The Hall–Kier alpha value is -2.10. The number of aliphatic imine (C=N–C) groups is 1. The smallest absolute Gasteiger partial charge is 0.231 e. The van der Waals surface area contributed by atoms with E-state index in [4.69, 9.17) is 9.47 Å². The molecular weight excluding hydrogens is 467 g/mol. The van der Waals surface area contributed by atoms with Gasteiger partial charge in [-0.25, -0.2) is 13.8 Å². The van der Waals surface area contributed by atoms with Gasteiger partial charge in [0.15, 0.2) is 17.5 Å². The van der Waals surface area contributed by atoms with Crippen LogP contribution in [0.3, 0.4) is 0 Å². The molecule has 2 aromatic carbocycles. The van der Waals surface area contributed by atoms with Gasteiger partial charge in [0.1, 0.15) is 11.6 Å². The largest absolute Gasteiger partial charge is 0.454 e. The quantitative estimate of drug-likeness (QED) is 0.370. The molecule has 1 aliphatic rings. The fourth-order valence-corrected chi connectivity index (χ4v) is 2.63. The van der Waals surface area contributed by atoms with Gasteiger partial charge in [0.2, 0.25) is 6.79 Å². The molecule has 0 atom stereocenters. The van der Waals surface area contributed by atoms with Crippen molar-refractivity contribution in [1.29, 1.82) is 0 Å². The third-order valence-electron chi connectivity index (χ3n) is 3.93. The Morgan fingerprint density at radius 1 is 1.07 bits per heavy atom. The fourth-order valence-electron chi connectivity index (χ4n) is 2.63. The van der Waals surface area contributed by atoms with E-state index in [1.165, 1.54) is 18.2 Å². The van der Waals surface area contributed by atoms with Crippen molar-refractivity contribution in [2.45, 2.75) is 19.9 Å². The summed E-state index contributed by atoms with van der Waals surface area (Å²) in [6.07, 6.45) is 0.229. The van der Waals surface area contributed by atoms with Gasteiger partial charge < -0.3 is 20.1 Å². The number of guanidine groups is 1. The molecule has 146 valence electrons. The number of nitrogens with zero attached hydrogens (tertiary/aromatic N) is 1. The normalized spacial score (nSPS) is 12.5. The van der Waals surface area contributed by atoms with E-state index in [0.717, 1.165) is 11.3 Å². The van der Waals surface area contributed by atoms with Gasteiger partial charge in [0, 0.05) is 18.7 Å². The summed E-state index contributed by atoms with van der Waals surface area (Å²) in [5, 5.41) is 6.21. The van der Waals surface area contributed by atoms with Gasteiger partial charge >= 0.3 is 0 Å². The highest BCUT2D eigenvalue weighted by Gasteiger charge is 2.13. The molecule has 0 aromatic heterocycles. The van der Waals surface area contributed by atoms with Gasteiger partial charge in [-0.1, -0.05) is 12.1 Å². The predicted octanol–water partition coefficient (Wildman–Crippen LogP) is 3.61. The summed E-state index contributed by atoms with van der Waals surface area (Å²) < 4.78 is 38.0. The fraction of sp³-hybridized carbons (Fsp3) is 0.316. The third kappa shape index (κ3) is 5.69. The van der Waals surface area contributed by atoms with Crippen LogP contribution in [-0.2, 0) is 13.0 Å². The lowest BCUT2D eigenvalue weighted by atomic mass is 10.1. The van der Waals surface area contributed by atoms with Crippen LogP contribution in [0.15, 0.2) is 41.4 Å². The Morgan fingerprint density at radius 2 is 1.81 bits per heavy atom. The number of rotatable bonds is 6. The zero-order valence-electron chi connectivity index (χ0n) is 14.9. The maximum Gasteiger partial charge on any atom is 0.231 e. The minimum absolute atomic E-state index is 0. The summed E-state index contributed by atoms with van der Waals surface area (Å²) in [6.45, 7) is 3.68. The van der Waals surface area contributed by atoms with Crippen molar-refractivity contribution in [1.82, 2.24) is 10.6 Å². The van der Waals surface area contributed by atoms with Crippen LogP contribution < -0.4 is 20.1 Å². The molecule has 0 saturated carbocycles. The van der Waals surface area contributed by atoms with Crippen molar-refractivity contribution < 1.29 is 18.3 Å². The van der Waals surface area contributed by atoms with Crippen molar-refractivity contribution >= 4 is 29.9 Å². The third-order valence-corrected chi connectivity index (χ3v) is 3.93. The van der Waals surface area contributed by atoms with Gasteiger partial charge in [-0.05, 0) is 43.2 Å². The molecule has 8 heteroatoms. The first kappa shape index (κ1) is 21.2. The summed E-state index contributed by atoms with van der Waals surface area (Å²) in [5.74, 6) is 0.963. The average molecular weight is 489 g/mol. The maximum absolute atomic E-state index is 13.7. The Kier molecular flexibility index (Phi) is 8.08. The highest BCUT2D eigenvalue weighted by atomic mass is 127. The molecule has 0 amide bonds. The van der Waals surface area contributed by atoms with E-state index in [1.54, 1.807) is 0 Å². The summed E-state index contributed by atoms with van der Waals surface area (Å²) >= 11 is 0. The van der Waals surface area contributed by atoms with Crippen LogP contribution in [0.5, 0.6) is 11.5 Å². The predicted molar refractivity (Wildman–Crippen MR) is 111 cm³/mol. The summed E-state index contributed by atoms with van der Waals surface area (Å²) in [5.41, 5.74) is 1.05. The first-order chi connectivity index (χ1) is 12.7. The lowest BCUT2D eigenvalue weighted by Gasteiger charge is -2.12. The van der Waals surface area contributed by atoms with E-state index < -0.39 is 11.6 Å². The Labute approximate surface area is 174 Å². The highest BCUT2D eigenvalue weighted by molar-refractivity contribution is 14.0. The van der Waals surface area contributed by atoms with Gasteiger partial charge in [0.25, 0.3) is 0 Å². The molecule has 2 aromatic rings. The second-order valence-electron chi connectivity index (χ2n) is 5.76. The van der Waals surface area contributed by atoms with Crippen LogP contribution in [0.4, 0.5) is 8.78 Å². The standard InChI is InChI=1S/C19H21F2N3O2.HI/c1-2-22-19(23-9-8-14-15(20)4-3-5-16(14)21)24-11-13-6-7-17-18(10-13)26-12-25-17;/h3-7,10H,2,8-9,11-12H2,1H3,(H2,22,23,24);1H. The highest BCUT2D eigenvalue weighted by Crippen LogP contribution is 2.32. The molecule has 27 heavy (non-hydrogen) atoms. The lowest BCUT2D eigenvalue weighted by molar-refractivity contribution is 0.174. The van der Waals surface area contributed by atoms with Crippen LogP contribution in [0.1, 0.15) is 18.1 Å². The monoisotopic (exact) mass is 489 g/mol. The van der Waals surface area contributed by atoms with Crippen molar-refractivity contribution in [3.63, 3.8) is 0 Å². The van der Waals surface area contributed by atoms with E-state index in [9.17, 15) is 8.78 Å². The molecule has 3 rings (SSSR count). The summed E-state index contributed by atoms with van der Waals surface area (Å²) in [4.78, 5) is 4.50. The van der Waals surface area contributed by atoms with Gasteiger partial charge in [0.05, 0.1) is 6.54 Å². The van der Waals surface area contributed by atoms with Crippen LogP contribution in [0, 0.1) is 11.6 Å². The van der Waals surface area contributed by atoms with Crippen molar-refractivity contribution in [3.05, 3.63) is 59.2 Å². The minimum atomic E-state index is -0.533. The zero-order valence-corrected chi connectivity index (χ0v) is 17.3. The van der Waals surface area contributed by atoms with Crippen LogP contribution in [0.25, 0.3) is 0 Å². The Bertz CT molecular complexity index is 782. The van der Waals surface area contributed by atoms with E-state index in [2.05, 4.69) is 15.6 Å². The molecule has 0 bridgehead atoms. The maximum atomic E-state index is 13.7. The molecule has 0 spiro atoms. The molecule has 5 nitrogen and oxygen atoms in total. The minimum Gasteiger partial charge on any atom is -0.454 e. The second-order valence-corrected chi connectivity index (χ2v) is 5.76.